The minimum atomic E-state index is -4.20. The van der Waals surface area contributed by atoms with Gasteiger partial charge >= 0.3 is 0 Å². The number of aromatic nitrogens is 1. The highest BCUT2D eigenvalue weighted by atomic mass is 32.2. The van der Waals surface area contributed by atoms with Crippen molar-refractivity contribution in [1.29, 1.82) is 0 Å². The van der Waals surface area contributed by atoms with Gasteiger partial charge in [0.2, 0.25) is 0 Å². The van der Waals surface area contributed by atoms with Crippen molar-refractivity contribution in [2.45, 2.75) is 31.6 Å². The van der Waals surface area contributed by atoms with Crippen LogP contribution in [0.3, 0.4) is 0 Å². The Bertz CT molecular complexity index is 1240. The molecule has 0 bridgehead atoms. The Balaban J connectivity index is 1.77. The molecular weight excluding hydrogens is 408 g/mol. The number of terminal acetylenes is 1. The van der Waals surface area contributed by atoms with Gasteiger partial charge in [-0.1, -0.05) is 35.3 Å². The minimum Gasteiger partial charge on any atom is -0.360 e. The van der Waals surface area contributed by atoms with Gasteiger partial charge in [0.25, 0.3) is 15.9 Å². The lowest BCUT2D eigenvalue weighted by Crippen LogP contribution is -2.37. The molecule has 2 heterocycles. The number of rotatable bonds is 4. The normalized spacial score (nSPS) is 12.7. The van der Waals surface area contributed by atoms with Crippen LogP contribution < -0.4 is 0 Å². The molecule has 0 atom stereocenters. The molecule has 0 spiro atoms. The summed E-state index contributed by atoms with van der Waals surface area (Å²) in [6.07, 6.45) is 7.08. The highest BCUT2D eigenvalue weighted by Crippen LogP contribution is 2.40. The predicted molar refractivity (Wildman–Crippen MR) is 110 cm³/mol. The van der Waals surface area contributed by atoms with Crippen molar-refractivity contribution >= 4 is 27.3 Å². The monoisotopic (exact) mass is 426 g/mol. The summed E-state index contributed by atoms with van der Waals surface area (Å²) in [7, 11) is -4.20. The van der Waals surface area contributed by atoms with Crippen LogP contribution >= 0.6 is 11.3 Å². The van der Waals surface area contributed by atoms with Gasteiger partial charge in [-0.2, -0.15) is 0 Å². The summed E-state index contributed by atoms with van der Waals surface area (Å²) < 4.78 is 32.1. The minimum absolute atomic E-state index is 0.118. The van der Waals surface area contributed by atoms with E-state index in [9.17, 15) is 13.2 Å². The number of carbonyl (C=O) groups is 1. The zero-order valence-corrected chi connectivity index (χ0v) is 17.6. The van der Waals surface area contributed by atoms with E-state index in [1.165, 1.54) is 30.7 Å². The first-order valence-corrected chi connectivity index (χ1v) is 11.2. The number of hydrogen-bond donors (Lipinski definition) is 0. The number of aryl methyl sites for hydroxylation is 4. The lowest BCUT2D eigenvalue weighted by atomic mass is 9.91. The number of carbonyl (C=O) groups excluding carboxylic acids is 1. The average molecular weight is 427 g/mol. The van der Waals surface area contributed by atoms with E-state index < -0.39 is 15.9 Å². The molecule has 1 amide bonds. The van der Waals surface area contributed by atoms with Gasteiger partial charge in [-0.25, -0.2) is 12.7 Å². The fourth-order valence-electron chi connectivity index (χ4n) is 3.60. The van der Waals surface area contributed by atoms with Gasteiger partial charge in [-0.15, -0.1) is 17.8 Å². The van der Waals surface area contributed by atoms with Crippen LogP contribution in [0.25, 0.3) is 10.4 Å². The topological polar surface area (TPSA) is 80.5 Å². The second-order valence-corrected chi connectivity index (χ2v) is 9.65. The molecular formula is C21H18N2O4S2. The van der Waals surface area contributed by atoms with Crippen molar-refractivity contribution in [3.8, 4) is 22.8 Å². The van der Waals surface area contributed by atoms with Crippen LogP contribution in [0, 0.1) is 26.2 Å². The highest BCUT2D eigenvalue weighted by molar-refractivity contribution is 7.89. The molecule has 148 valence electrons. The summed E-state index contributed by atoms with van der Waals surface area (Å²) in [4.78, 5) is 14.5. The third-order valence-electron chi connectivity index (χ3n) is 4.92. The van der Waals surface area contributed by atoms with Crippen LogP contribution in [0.5, 0.6) is 0 Å². The summed E-state index contributed by atoms with van der Waals surface area (Å²) in [5.41, 5.74) is 3.56. The maximum absolute atomic E-state index is 13.2. The number of nitrogens with zero attached hydrogens (tertiary/aromatic N) is 2. The SMILES string of the molecule is C#CCN(C(=O)c1cc2c(s1)-c1ccccc1CC2)S(=O)(=O)c1c(C)noc1C. The molecule has 8 heteroatoms. The maximum atomic E-state index is 13.2. The van der Waals surface area contributed by atoms with E-state index in [2.05, 4.69) is 17.1 Å². The number of sulfonamides is 1. The first-order valence-electron chi connectivity index (χ1n) is 8.99. The Morgan fingerprint density at radius 3 is 2.69 bits per heavy atom. The number of thiophene rings is 1. The first kappa shape index (κ1) is 19.4. The van der Waals surface area contributed by atoms with Crippen molar-refractivity contribution in [1.82, 2.24) is 9.46 Å². The predicted octanol–water partition coefficient (Wildman–Crippen LogP) is 3.58. The third-order valence-corrected chi connectivity index (χ3v) is 8.10. The molecule has 0 fully saturated rings. The Morgan fingerprint density at radius 2 is 2.00 bits per heavy atom. The maximum Gasteiger partial charge on any atom is 0.278 e. The molecule has 3 aromatic rings. The Hall–Kier alpha value is -2.89. The van der Waals surface area contributed by atoms with Gasteiger partial charge in [-0.05, 0) is 49.4 Å². The van der Waals surface area contributed by atoms with Crippen LogP contribution in [0.2, 0.25) is 0 Å². The van der Waals surface area contributed by atoms with E-state index in [-0.39, 0.29) is 22.9 Å². The summed E-state index contributed by atoms with van der Waals surface area (Å²) in [6, 6.07) is 9.84. The van der Waals surface area contributed by atoms with E-state index in [1.807, 2.05) is 18.2 Å². The van der Waals surface area contributed by atoms with E-state index in [0.717, 1.165) is 33.2 Å². The van der Waals surface area contributed by atoms with Crippen molar-refractivity contribution in [3.63, 3.8) is 0 Å². The van der Waals surface area contributed by atoms with Gasteiger partial charge < -0.3 is 4.52 Å². The molecule has 0 saturated heterocycles. The molecule has 0 radical (unpaired) electrons. The molecule has 2 aromatic heterocycles. The first-order chi connectivity index (χ1) is 13.8. The van der Waals surface area contributed by atoms with Crippen molar-refractivity contribution in [2.75, 3.05) is 6.54 Å². The molecule has 1 aliphatic rings. The summed E-state index contributed by atoms with van der Waals surface area (Å²) in [6.45, 7) is 2.64. The summed E-state index contributed by atoms with van der Waals surface area (Å²) in [5, 5.41) is 3.69. The largest absolute Gasteiger partial charge is 0.360 e. The molecule has 6 nitrogen and oxygen atoms in total. The Kier molecular flexibility index (Phi) is 4.81. The lowest BCUT2D eigenvalue weighted by Gasteiger charge is -2.19. The van der Waals surface area contributed by atoms with Crippen LogP contribution in [0.4, 0.5) is 0 Å². The Morgan fingerprint density at radius 1 is 1.28 bits per heavy atom. The van der Waals surface area contributed by atoms with Crippen molar-refractivity contribution < 1.29 is 17.7 Å². The van der Waals surface area contributed by atoms with Gasteiger partial charge in [0.1, 0.15) is 5.69 Å². The zero-order chi connectivity index (χ0) is 20.8. The van der Waals surface area contributed by atoms with Crippen LogP contribution in [-0.2, 0) is 22.9 Å². The van der Waals surface area contributed by atoms with Gasteiger partial charge in [0.15, 0.2) is 10.7 Å². The van der Waals surface area contributed by atoms with Crippen molar-refractivity contribution in [3.05, 3.63) is 57.8 Å². The number of benzene rings is 1. The fourth-order valence-corrected chi connectivity index (χ4v) is 6.47. The average Bonchev–Trinajstić information content (AvgIpc) is 3.29. The smallest absolute Gasteiger partial charge is 0.278 e. The van der Waals surface area contributed by atoms with Crippen LogP contribution in [-0.4, -0.2) is 30.3 Å². The molecule has 0 unspecified atom stereocenters. The molecule has 4 rings (SSSR count). The molecule has 1 aromatic carbocycles. The Labute approximate surface area is 173 Å². The van der Waals surface area contributed by atoms with E-state index in [4.69, 9.17) is 10.9 Å². The molecule has 0 saturated carbocycles. The van der Waals surface area contributed by atoms with Gasteiger partial charge in [-0.3, -0.25) is 4.79 Å². The standard InChI is InChI=1S/C21H18N2O4S2/c1-4-11-23(29(25,26)20-13(2)22-27-14(20)3)21(24)18-12-16-10-9-15-7-5-6-8-17(15)19(16)28-18/h1,5-8,12H,9-11H2,2-3H3. The molecule has 0 aliphatic heterocycles. The molecule has 1 aliphatic carbocycles. The van der Waals surface area contributed by atoms with Crippen LogP contribution in [0.15, 0.2) is 39.8 Å². The molecule has 0 N–H and O–H groups in total. The second kappa shape index (κ2) is 7.17. The van der Waals surface area contributed by atoms with Gasteiger partial charge in [0.05, 0.1) is 11.4 Å². The van der Waals surface area contributed by atoms with E-state index in [0.29, 0.717) is 4.88 Å². The number of amides is 1. The summed E-state index contributed by atoms with van der Waals surface area (Å²) in [5.74, 6) is 1.77. The van der Waals surface area contributed by atoms with Crippen molar-refractivity contribution in [2.24, 2.45) is 0 Å². The number of fused-ring (bicyclic) bond motifs is 3. The van der Waals surface area contributed by atoms with Gasteiger partial charge in [0, 0.05) is 4.88 Å². The highest BCUT2D eigenvalue weighted by Gasteiger charge is 2.36. The summed E-state index contributed by atoms with van der Waals surface area (Å²) >= 11 is 1.30. The van der Waals surface area contributed by atoms with E-state index in [1.54, 1.807) is 6.07 Å². The fraction of sp³-hybridized carbons (Fsp3) is 0.238. The quantitative estimate of drug-likeness (QED) is 0.596. The van der Waals surface area contributed by atoms with E-state index >= 15 is 0 Å². The third kappa shape index (κ3) is 3.16. The zero-order valence-electron chi connectivity index (χ0n) is 15.9. The lowest BCUT2D eigenvalue weighted by molar-refractivity contribution is 0.0877. The second-order valence-electron chi connectivity index (χ2n) is 6.80. The molecule has 29 heavy (non-hydrogen) atoms. The number of hydrogen-bond acceptors (Lipinski definition) is 6. The van der Waals surface area contributed by atoms with Crippen LogP contribution in [0.1, 0.15) is 32.3 Å².